The molecule has 3 aromatic rings. The van der Waals surface area contributed by atoms with Crippen LogP contribution in [0.25, 0.3) is 20.4 Å². The second kappa shape index (κ2) is 9.05. The Balaban J connectivity index is 1.53. The lowest BCUT2D eigenvalue weighted by Crippen LogP contribution is -2.39. The predicted molar refractivity (Wildman–Crippen MR) is 138 cm³/mol. The fourth-order valence-corrected chi connectivity index (χ4v) is 6.57. The summed E-state index contributed by atoms with van der Waals surface area (Å²) in [6, 6.07) is 0. The molecule has 6 heterocycles. The van der Waals surface area contributed by atoms with Gasteiger partial charge in [0.25, 0.3) is 0 Å². The Morgan fingerprint density at radius 1 is 1.15 bits per heavy atom. The van der Waals surface area contributed by atoms with E-state index in [1.54, 1.807) is 23.1 Å². The molecule has 2 saturated heterocycles. The first-order valence-electron chi connectivity index (χ1n) is 12.0. The summed E-state index contributed by atoms with van der Waals surface area (Å²) in [6.45, 7) is 9.68. The number of fused-ring (bicyclic) bond motifs is 5. The minimum absolute atomic E-state index is 0.228. The summed E-state index contributed by atoms with van der Waals surface area (Å²) in [4.78, 5) is 18.4. The van der Waals surface area contributed by atoms with Crippen LogP contribution in [0.3, 0.4) is 0 Å². The zero-order valence-electron chi connectivity index (χ0n) is 20.0. The van der Waals surface area contributed by atoms with E-state index in [2.05, 4.69) is 24.1 Å². The fourth-order valence-electron chi connectivity index (χ4n) is 5.10. The fraction of sp³-hybridized carbons (Fsp3) is 0.625. The number of hydrogen-bond donors (Lipinski definition) is 1. The number of aromatic nitrogens is 3. The zero-order chi connectivity index (χ0) is 23.3. The summed E-state index contributed by atoms with van der Waals surface area (Å²) in [6.07, 6.45) is 5.33. The van der Waals surface area contributed by atoms with E-state index in [1.807, 2.05) is 6.26 Å². The molecule has 0 aromatic carbocycles. The third-order valence-electron chi connectivity index (χ3n) is 6.86. The normalized spacial score (nSPS) is 22.4. The van der Waals surface area contributed by atoms with Gasteiger partial charge in [-0.15, -0.1) is 11.3 Å². The van der Waals surface area contributed by atoms with Crippen molar-refractivity contribution in [3.8, 4) is 0 Å². The van der Waals surface area contributed by atoms with Crippen molar-refractivity contribution in [3.05, 3.63) is 11.1 Å². The number of nitrogens with zero attached hydrogens (tertiary/aromatic N) is 4. The number of pyridine rings is 1. The van der Waals surface area contributed by atoms with E-state index >= 15 is 0 Å². The molecule has 0 amide bonds. The van der Waals surface area contributed by atoms with E-state index < -0.39 is 0 Å². The highest BCUT2D eigenvalue weighted by molar-refractivity contribution is 7.98. The lowest BCUT2D eigenvalue weighted by Gasteiger charge is -2.36. The number of ether oxygens (including phenoxy) is 3. The van der Waals surface area contributed by atoms with Crippen LogP contribution in [0.4, 0.5) is 11.6 Å². The average Bonchev–Trinajstić information content (AvgIpc) is 3.49. The van der Waals surface area contributed by atoms with Crippen LogP contribution in [0.15, 0.2) is 5.16 Å². The van der Waals surface area contributed by atoms with E-state index in [9.17, 15) is 0 Å². The van der Waals surface area contributed by atoms with Gasteiger partial charge >= 0.3 is 0 Å². The number of nitrogens with one attached hydrogen (secondary N) is 1. The maximum atomic E-state index is 6.27. The number of thioether (sulfide) groups is 1. The Morgan fingerprint density at radius 2 is 2.00 bits per heavy atom. The molecule has 3 aliphatic rings. The number of anilines is 2. The van der Waals surface area contributed by atoms with Crippen LogP contribution >= 0.6 is 23.1 Å². The van der Waals surface area contributed by atoms with Crippen molar-refractivity contribution in [1.82, 2.24) is 15.0 Å². The minimum Gasteiger partial charge on any atom is -0.378 e. The van der Waals surface area contributed by atoms with Crippen molar-refractivity contribution in [1.29, 1.82) is 0 Å². The Labute approximate surface area is 207 Å². The molecule has 0 spiro atoms. The van der Waals surface area contributed by atoms with Crippen molar-refractivity contribution in [3.63, 3.8) is 0 Å². The molecule has 10 heteroatoms. The van der Waals surface area contributed by atoms with Crippen LogP contribution in [0.1, 0.15) is 37.8 Å². The number of thiophene rings is 1. The van der Waals surface area contributed by atoms with Gasteiger partial charge in [0.2, 0.25) is 0 Å². The summed E-state index contributed by atoms with van der Waals surface area (Å²) >= 11 is 3.27. The lowest BCUT2D eigenvalue weighted by molar-refractivity contribution is -0.0396. The molecule has 8 nitrogen and oxygen atoms in total. The van der Waals surface area contributed by atoms with Crippen molar-refractivity contribution in [2.24, 2.45) is 0 Å². The van der Waals surface area contributed by atoms with Gasteiger partial charge in [-0.1, -0.05) is 11.8 Å². The molecule has 2 fully saturated rings. The van der Waals surface area contributed by atoms with Crippen molar-refractivity contribution >= 4 is 55.2 Å². The molecular weight excluding hydrogens is 470 g/mol. The van der Waals surface area contributed by atoms with Gasteiger partial charge in [-0.25, -0.2) is 15.0 Å². The van der Waals surface area contributed by atoms with Gasteiger partial charge in [0.05, 0.1) is 41.7 Å². The molecule has 0 radical (unpaired) electrons. The quantitative estimate of drug-likeness (QED) is 0.408. The van der Waals surface area contributed by atoms with Crippen molar-refractivity contribution in [2.75, 3.05) is 55.9 Å². The molecule has 182 valence electrons. The highest BCUT2D eigenvalue weighted by Crippen LogP contribution is 2.44. The van der Waals surface area contributed by atoms with Gasteiger partial charge < -0.3 is 24.4 Å². The predicted octanol–water partition coefficient (Wildman–Crippen LogP) is 4.24. The van der Waals surface area contributed by atoms with E-state index in [4.69, 9.17) is 29.2 Å². The highest BCUT2D eigenvalue weighted by atomic mass is 32.2. The molecule has 0 unspecified atom stereocenters. The summed E-state index contributed by atoms with van der Waals surface area (Å²) in [5, 5.41) is 5.53. The maximum Gasteiger partial charge on any atom is 0.189 e. The number of rotatable bonds is 5. The van der Waals surface area contributed by atoms with Crippen LogP contribution in [-0.2, 0) is 27.2 Å². The van der Waals surface area contributed by atoms with Crippen molar-refractivity contribution < 1.29 is 14.2 Å². The largest absolute Gasteiger partial charge is 0.378 e. The Morgan fingerprint density at radius 3 is 2.76 bits per heavy atom. The van der Waals surface area contributed by atoms with E-state index in [-0.39, 0.29) is 11.7 Å². The minimum atomic E-state index is -0.228. The van der Waals surface area contributed by atoms with Crippen molar-refractivity contribution in [2.45, 2.75) is 56.6 Å². The van der Waals surface area contributed by atoms with E-state index in [0.29, 0.717) is 6.61 Å². The van der Waals surface area contributed by atoms with Crippen LogP contribution in [-0.4, -0.2) is 72.4 Å². The Bertz CT molecular complexity index is 1220. The van der Waals surface area contributed by atoms with Crippen LogP contribution in [0.5, 0.6) is 0 Å². The summed E-state index contributed by atoms with van der Waals surface area (Å²) in [5.41, 5.74) is 3.30. The lowest BCUT2D eigenvalue weighted by atomic mass is 9.90. The number of morpholine rings is 1. The molecule has 0 saturated carbocycles. The summed E-state index contributed by atoms with van der Waals surface area (Å²) < 4.78 is 18.8. The molecule has 6 rings (SSSR count). The van der Waals surface area contributed by atoms with Crippen LogP contribution in [0, 0.1) is 0 Å². The molecule has 1 N–H and O–H groups in total. The van der Waals surface area contributed by atoms with Crippen LogP contribution in [0.2, 0.25) is 0 Å². The van der Waals surface area contributed by atoms with Gasteiger partial charge in [-0.3, -0.25) is 0 Å². The van der Waals surface area contributed by atoms with Gasteiger partial charge in [-0.2, -0.15) is 0 Å². The summed E-state index contributed by atoms with van der Waals surface area (Å²) in [5.74, 6) is 1.93. The highest BCUT2D eigenvalue weighted by Gasteiger charge is 2.33. The molecule has 0 bridgehead atoms. The average molecular weight is 502 g/mol. The molecule has 1 atom stereocenters. The molecule has 3 aromatic heterocycles. The van der Waals surface area contributed by atoms with Gasteiger partial charge in [-0.05, 0) is 38.5 Å². The first-order valence-corrected chi connectivity index (χ1v) is 14.1. The maximum absolute atomic E-state index is 6.27. The topological polar surface area (TPSA) is 81.6 Å². The Hall–Kier alpha value is -1.72. The molecular formula is C24H31N5O3S2. The SMILES string of the molecule is CSc1nc(NC[C@@H]2CCCO2)c2sc3nc(N4CCOCC4)c4c(c3c2n1)CC(C)(C)OC4. The Kier molecular flexibility index (Phi) is 6.05. The second-order valence-corrected chi connectivity index (χ2v) is 11.5. The van der Waals surface area contributed by atoms with E-state index in [1.165, 1.54) is 16.5 Å². The monoisotopic (exact) mass is 501 g/mol. The molecule has 0 aliphatic carbocycles. The standard InChI is InChI=1S/C24H31N5O3S2/c1-24(2)11-15-16(13-32-24)21(29-6-9-30-10-7-29)28-22-17(15)18-19(34-22)20(27-23(26-18)33-3)25-12-14-5-4-8-31-14/h14H,4-13H2,1-3H3,(H,25,26,27)/t14-/m0/s1. The molecule has 34 heavy (non-hydrogen) atoms. The zero-order valence-corrected chi connectivity index (χ0v) is 21.6. The van der Waals surface area contributed by atoms with E-state index in [0.717, 1.165) is 90.6 Å². The van der Waals surface area contributed by atoms with Gasteiger partial charge in [0, 0.05) is 43.6 Å². The third-order valence-corrected chi connectivity index (χ3v) is 8.49. The van der Waals surface area contributed by atoms with Gasteiger partial charge in [0.15, 0.2) is 5.16 Å². The first-order chi connectivity index (χ1) is 16.5. The molecule has 3 aliphatic heterocycles. The second-order valence-electron chi connectivity index (χ2n) is 9.75. The van der Waals surface area contributed by atoms with Gasteiger partial charge in [0.1, 0.15) is 16.5 Å². The summed E-state index contributed by atoms with van der Waals surface area (Å²) in [7, 11) is 0. The number of hydrogen-bond acceptors (Lipinski definition) is 10. The van der Waals surface area contributed by atoms with Crippen LogP contribution < -0.4 is 10.2 Å². The first kappa shape index (κ1) is 22.7. The third kappa shape index (κ3) is 4.13. The smallest absolute Gasteiger partial charge is 0.189 e.